The van der Waals surface area contributed by atoms with Crippen molar-refractivity contribution in [1.29, 1.82) is 0 Å². The van der Waals surface area contributed by atoms with E-state index in [1.54, 1.807) is 18.3 Å². The van der Waals surface area contributed by atoms with Gasteiger partial charge in [0, 0.05) is 24.6 Å². The van der Waals surface area contributed by atoms with Crippen molar-refractivity contribution < 1.29 is 9.18 Å². The van der Waals surface area contributed by atoms with E-state index in [9.17, 15) is 9.18 Å². The van der Waals surface area contributed by atoms with E-state index in [1.807, 2.05) is 35.9 Å². The summed E-state index contributed by atoms with van der Waals surface area (Å²) in [7, 11) is 0. The third-order valence-corrected chi connectivity index (χ3v) is 4.59. The molecule has 0 fully saturated rings. The number of thioether (sulfide) groups is 1. The van der Waals surface area contributed by atoms with Crippen LogP contribution in [0, 0.1) is 12.7 Å². The molecular formula is C19H18FN3OS. The average Bonchev–Trinajstić information content (AvgIpc) is 3.08. The Morgan fingerprint density at radius 1 is 1.24 bits per heavy atom. The van der Waals surface area contributed by atoms with Crippen LogP contribution in [0.3, 0.4) is 0 Å². The molecule has 0 spiro atoms. The largest absolute Gasteiger partial charge is 0.351 e. The minimum absolute atomic E-state index is 0.0897. The molecule has 0 bridgehead atoms. The number of hydrogen-bond donors (Lipinski definition) is 1. The third kappa shape index (κ3) is 4.70. The molecule has 6 heteroatoms. The molecule has 1 heterocycles. The molecule has 4 nitrogen and oxygen atoms in total. The zero-order valence-corrected chi connectivity index (χ0v) is 14.6. The number of nitrogens with one attached hydrogen (secondary N) is 1. The van der Waals surface area contributed by atoms with Gasteiger partial charge >= 0.3 is 0 Å². The molecule has 0 radical (unpaired) electrons. The molecule has 0 atom stereocenters. The maximum atomic E-state index is 12.9. The van der Waals surface area contributed by atoms with Crippen LogP contribution in [0.15, 0.2) is 66.1 Å². The first-order chi connectivity index (χ1) is 12.1. The monoisotopic (exact) mass is 355 g/mol. The van der Waals surface area contributed by atoms with Gasteiger partial charge in [0.25, 0.3) is 0 Å². The van der Waals surface area contributed by atoms with Crippen molar-refractivity contribution in [2.75, 3.05) is 5.75 Å². The molecule has 2 aromatic carbocycles. The fourth-order valence-corrected chi connectivity index (χ4v) is 3.16. The molecule has 1 N–H and O–H groups in total. The summed E-state index contributed by atoms with van der Waals surface area (Å²) in [5.74, 6) is -0.106. The van der Waals surface area contributed by atoms with Crippen LogP contribution in [0.5, 0.6) is 0 Å². The van der Waals surface area contributed by atoms with Crippen LogP contribution in [0.2, 0.25) is 0 Å². The Labute approximate surface area is 150 Å². The van der Waals surface area contributed by atoms with Crippen LogP contribution in [0.25, 0.3) is 5.69 Å². The molecule has 3 rings (SSSR count). The minimum Gasteiger partial charge on any atom is -0.351 e. The Kier molecular flexibility index (Phi) is 5.50. The summed E-state index contributed by atoms with van der Waals surface area (Å²) in [5.41, 5.74) is 3.05. The van der Waals surface area contributed by atoms with E-state index in [0.717, 1.165) is 16.4 Å². The summed E-state index contributed by atoms with van der Waals surface area (Å²) in [5, 5.41) is 3.60. The highest BCUT2D eigenvalue weighted by atomic mass is 32.2. The van der Waals surface area contributed by atoms with E-state index >= 15 is 0 Å². The Hall–Kier alpha value is -2.60. The molecule has 1 aromatic heterocycles. The zero-order chi connectivity index (χ0) is 17.6. The Balaban J connectivity index is 1.56. The van der Waals surface area contributed by atoms with Gasteiger partial charge < -0.3 is 5.32 Å². The lowest BCUT2D eigenvalue weighted by molar-refractivity contribution is -0.118. The van der Waals surface area contributed by atoms with Gasteiger partial charge in [-0.15, -0.1) is 0 Å². The smallest absolute Gasteiger partial charge is 0.230 e. The van der Waals surface area contributed by atoms with Crippen LogP contribution in [-0.4, -0.2) is 21.2 Å². The van der Waals surface area contributed by atoms with Gasteiger partial charge in [0.05, 0.1) is 5.75 Å². The molecule has 0 aliphatic rings. The SMILES string of the molecule is Cc1cccc(-n2ccnc2SCC(=O)NCc2ccc(F)cc2)c1. The van der Waals surface area contributed by atoms with Gasteiger partial charge in [-0.1, -0.05) is 36.0 Å². The molecule has 1 amide bonds. The number of benzene rings is 2. The lowest BCUT2D eigenvalue weighted by Gasteiger charge is -2.09. The van der Waals surface area contributed by atoms with Crippen LogP contribution in [0.1, 0.15) is 11.1 Å². The summed E-state index contributed by atoms with van der Waals surface area (Å²) in [6.45, 7) is 2.42. The second-order valence-electron chi connectivity index (χ2n) is 5.61. The van der Waals surface area contributed by atoms with Crippen LogP contribution in [0.4, 0.5) is 4.39 Å². The van der Waals surface area contributed by atoms with E-state index < -0.39 is 0 Å². The first-order valence-electron chi connectivity index (χ1n) is 7.86. The number of hydrogen-bond acceptors (Lipinski definition) is 3. The van der Waals surface area contributed by atoms with Crippen LogP contribution >= 0.6 is 11.8 Å². The molecule has 0 aliphatic carbocycles. The van der Waals surface area contributed by atoms with Crippen molar-refractivity contribution in [2.24, 2.45) is 0 Å². The highest BCUT2D eigenvalue weighted by molar-refractivity contribution is 7.99. The highest BCUT2D eigenvalue weighted by Gasteiger charge is 2.09. The minimum atomic E-state index is -0.284. The number of imidazole rings is 1. The van der Waals surface area contributed by atoms with Gasteiger partial charge in [-0.25, -0.2) is 9.37 Å². The molecule has 0 saturated heterocycles. The Bertz CT molecular complexity index is 861. The third-order valence-electron chi connectivity index (χ3n) is 3.62. The first kappa shape index (κ1) is 17.2. The molecule has 0 unspecified atom stereocenters. The molecule has 25 heavy (non-hydrogen) atoms. The summed E-state index contributed by atoms with van der Waals surface area (Å²) >= 11 is 1.38. The van der Waals surface area contributed by atoms with Crippen molar-refractivity contribution >= 4 is 17.7 Å². The highest BCUT2D eigenvalue weighted by Crippen LogP contribution is 2.20. The Morgan fingerprint density at radius 2 is 2.04 bits per heavy atom. The van der Waals surface area contributed by atoms with E-state index in [4.69, 9.17) is 0 Å². The maximum absolute atomic E-state index is 12.9. The number of carbonyl (C=O) groups excluding carboxylic acids is 1. The van der Waals surface area contributed by atoms with Crippen LogP contribution in [-0.2, 0) is 11.3 Å². The quantitative estimate of drug-likeness (QED) is 0.686. The number of rotatable bonds is 6. The second-order valence-corrected chi connectivity index (χ2v) is 6.55. The molecular weight excluding hydrogens is 337 g/mol. The standard InChI is InChI=1S/C19H18FN3OS/c1-14-3-2-4-17(11-14)23-10-9-21-19(23)25-13-18(24)22-12-15-5-7-16(20)8-6-15/h2-11H,12-13H2,1H3,(H,22,24). The number of aryl methyl sites for hydroxylation is 1. The lowest BCUT2D eigenvalue weighted by Crippen LogP contribution is -2.24. The number of aromatic nitrogens is 2. The average molecular weight is 355 g/mol. The van der Waals surface area contributed by atoms with Gasteiger partial charge in [0.2, 0.25) is 5.91 Å². The zero-order valence-electron chi connectivity index (χ0n) is 13.8. The van der Waals surface area contributed by atoms with Gasteiger partial charge in [0.15, 0.2) is 5.16 Å². The van der Waals surface area contributed by atoms with Gasteiger partial charge in [-0.2, -0.15) is 0 Å². The van der Waals surface area contributed by atoms with Gasteiger partial charge in [0.1, 0.15) is 5.82 Å². The Morgan fingerprint density at radius 3 is 2.80 bits per heavy atom. The molecule has 128 valence electrons. The topological polar surface area (TPSA) is 46.9 Å². The van der Waals surface area contributed by atoms with Crippen molar-refractivity contribution in [3.05, 3.63) is 77.9 Å². The van der Waals surface area contributed by atoms with Crippen molar-refractivity contribution in [3.63, 3.8) is 0 Å². The molecule has 3 aromatic rings. The van der Waals surface area contributed by atoms with Crippen LogP contribution < -0.4 is 5.32 Å². The van der Waals surface area contributed by atoms with E-state index in [1.165, 1.54) is 29.5 Å². The number of nitrogens with zero attached hydrogens (tertiary/aromatic N) is 2. The first-order valence-corrected chi connectivity index (χ1v) is 8.85. The summed E-state index contributed by atoms with van der Waals surface area (Å²) in [4.78, 5) is 16.4. The second kappa shape index (κ2) is 7.98. The fraction of sp³-hybridized carbons (Fsp3) is 0.158. The fourth-order valence-electron chi connectivity index (χ4n) is 2.35. The van der Waals surface area contributed by atoms with Gasteiger partial charge in [-0.3, -0.25) is 9.36 Å². The van der Waals surface area contributed by atoms with Crippen molar-refractivity contribution in [3.8, 4) is 5.69 Å². The molecule has 0 saturated carbocycles. The van der Waals surface area contributed by atoms with E-state index in [0.29, 0.717) is 6.54 Å². The normalized spacial score (nSPS) is 10.6. The lowest BCUT2D eigenvalue weighted by atomic mass is 10.2. The predicted octanol–water partition coefficient (Wildman–Crippen LogP) is 3.73. The number of halogens is 1. The number of carbonyl (C=O) groups is 1. The summed E-state index contributed by atoms with van der Waals surface area (Å²) in [6, 6.07) is 14.2. The van der Waals surface area contributed by atoms with Gasteiger partial charge in [-0.05, 0) is 42.3 Å². The van der Waals surface area contributed by atoms with Crippen molar-refractivity contribution in [1.82, 2.24) is 14.9 Å². The maximum Gasteiger partial charge on any atom is 0.230 e. The summed E-state index contributed by atoms with van der Waals surface area (Å²) < 4.78 is 14.8. The van der Waals surface area contributed by atoms with Crippen molar-refractivity contribution in [2.45, 2.75) is 18.6 Å². The van der Waals surface area contributed by atoms with E-state index in [2.05, 4.69) is 16.4 Å². The summed E-state index contributed by atoms with van der Waals surface area (Å²) in [6.07, 6.45) is 3.61. The predicted molar refractivity (Wildman–Crippen MR) is 97.3 cm³/mol. The van der Waals surface area contributed by atoms with E-state index in [-0.39, 0.29) is 17.5 Å². The molecule has 0 aliphatic heterocycles. The number of amides is 1.